The van der Waals surface area contributed by atoms with Crippen LogP contribution < -0.4 is 11.1 Å². The van der Waals surface area contributed by atoms with Gasteiger partial charge in [0.25, 0.3) is 5.91 Å². The molecule has 0 aliphatic carbocycles. The highest BCUT2D eigenvalue weighted by molar-refractivity contribution is 6.03. The molecule has 3 aromatic rings. The molecule has 0 bridgehead atoms. The van der Waals surface area contributed by atoms with E-state index in [2.05, 4.69) is 10.3 Å². The van der Waals surface area contributed by atoms with Crippen LogP contribution in [-0.4, -0.2) is 17.4 Å². The van der Waals surface area contributed by atoms with E-state index in [0.29, 0.717) is 5.52 Å². The molecule has 1 aliphatic rings. The van der Waals surface area contributed by atoms with E-state index in [4.69, 9.17) is 10.2 Å². The maximum atomic E-state index is 14.6. The Kier molecular flexibility index (Phi) is 3.54. The van der Waals surface area contributed by atoms with Crippen LogP contribution in [0.4, 0.5) is 4.39 Å². The Morgan fingerprint density at radius 1 is 1.33 bits per heavy atom. The van der Waals surface area contributed by atoms with Crippen molar-refractivity contribution in [2.45, 2.75) is 18.9 Å². The number of fused-ring (bicyclic) bond motifs is 1. The number of carbonyl (C=O) groups is 1. The number of carbonyl (C=O) groups excluding carboxylic acids is 1. The molecule has 24 heavy (non-hydrogen) atoms. The molecule has 5 nitrogen and oxygen atoms in total. The second-order valence-electron chi connectivity index (χ2n) is 5.93. The molecule has 1 aliphatic heterocycles. The van der Waals surface area contributed by atoms with Crippen LogP contribution in [-0.2, 0) is 0 Å². The number of aromatic nitrogens is 1. The minimum atomic E-state index is -0.605. The van der Waals surface area contributed by atoms with Crippen LogP contribution in [0, 0.1) is 5.82 Å². The topological polar surface area (TPSA) is 81.2 Å². The molecule has 1 saturated heterocycles. The monoisotopic (exact) mass is 325 g/mol. The molecule has 1 aromatic heterocycles. The largest absolute Gasteiger partial charge is 0.435 e. The molecule has 0 saturated carbocycles. The summed E-state index contributed by atoms with van der Waals surface area (Å²) < 4.78 is 20.2. The van der Waals surface area contributed by atoms with Gasteiger partial charge in [0.15, 0.2) is 5.58 Å². The van der Waals surface area contributed by atoms with E-state index in [9.17, 15) is 9.18 Å². The number of hydrogen-bond acceptors (Lipinski definition) is 4. The molecule has 1 amide bonds. The lowest BCUT2D eigenvalue weighted by atomic mass is 10.0. The van der Waals surface area contributed by atoms with E-state index in [0.717, 1.165) is 24.9 Å². The number of rotatable bonds is 3. The summed E-state index contributed by atoms with van der Waals surface area (Å²) in [6, 6.07) is 10.2. The van der Waals surface area contributed by atoms with Gasteiger partial charge < -0.3 is 15.5 Å². The van der Waals surface area contributed by atoms with Crippen LogP contribution in [0.2, 0.25) is 0 Å². The zero-order valence-corrected chi connectivity index (χ0v) is 12.9. The van der Waals surface area contributed by atoms with E-state index in [1.807, 2.05) is 6.07 Å². The summed E-state index contributed by atoms with van der Waals surface area (Å²) in [5.74, 6) is -0.859. The summed E-state index contributed by atoms with van der Waals surface area (Å²) >= 11 is 0. The van der Waals surface area contributed by atoms with Gasteiger partial charge in [-0.05, 0) is 49.2 Å². The number of amides is 1. The smallest absolute Gasteiger partial charge is 0.252 e. The second-order valence-corrected chi connectivity index (χ2v) is 5.93. The highest BCUT2D eigenvalue weighted by atomic mass is 19.1. The molecule has 122 valence electrons. The predicted molar refractivity (Wildman–Crippen MR) is 87.9 cm³/mol. The Morgan fingerprint density at radius 2 is 2.21 bits per heavy atom. The lowest BCUT2D eigenvalue weighted by Gasteiger charge is -2.11. The van der Waals surface area contributed by atoms with Crippen molar-refractivity contribution in [3.8, 4) is 11.5 Å². The Bertz CT molecular complexity index is 929. The van der Waals surface area contributed by atoms with Gasteiger partial charge in [-0.15, -0.1) is 0 Å². The Hall–Kier alpha value is -2.73. The lowest BCUT2D eigenvalue weighted by molar-refractivity contribution is 0.100. The minimum Gasteiger partial charge on any atom is -0.435 e. The molecule has 2 heterocycles. The van der Waals surface area contributed by atoms with E-state index in [-0.39, 0.29) is 28.6 Å². The van der Waals surface area contributed by atoms with Crippen molar-refractivity contribution >= 4 is 17.0 Å². The third kappa shape index (κ3) is 2.45. The van der Waals surface area contributed by atoms with Gasteiger partial charge in [0, 0.05) is 6.04 Å². The number of hydrogen-bond donors (Lipinski definition) is 2. The first-order valence-corrected chi connectivity index (χ1v) is 7.86. The van der Waals surface area contributed by atoms with Crippen molar-refractivity contribution in [3.63, 3.8) is 0 Å². The van der Waals surface area contributed by atoms with Crippen LogP contribution in [0.1, 0.15) is 34.8 Å². The van der Waals surface area contributed by atoms with Gasteiger partial charge in [-0.1, -0.05) is 12.1 Å². The molecule has 1 atom stereocenters. The number of nitrogens with two attached hydrogens (primary N) is 1. The average Bonchev–Trinajstić information content (AvgIpc) is 3.23. The summed E-state index contributed by atoms with van der Waals surface area (Å²) in [5, 5.41) is 3.34. The number of nitrogens with zero attached hydrogens (tertiary/aromatic N) is 1. The van der Waals surface area contributed by atoms with Crippen LogP contribution in [0.5, 0.6) is 0 Å². The van der Waals surface area contributed by atoms with Crippen LogP contribution in [0.25, 0.3) is 22.6 Å². The molecule has 3 N–H and O–H groups in total. The number of benzene rings is 2. The SMILES string of the molecule is NC(=O)c1cccc2nc(-c3ccc(C4CCCN4)cc3F)oc12. The minimum absolute atomic E-state index is 0.141. The molecular weight excluding hydrogens is 309 g/mol. The molecule has 0 radical (unpaired) electrons. The van der Waals surface area contributed by atoms with Crippen molar-refractivity contribution in [1.82, 2.24) is 10.3 Å². The zero-order chi connectivity index (χ0) is 16.7. The van der Waals surface area contributed by atoms with Crippen molar-refractivity contribution < 1.29 is 13.6 Å². The highest BCUT2D eigenvalue weighted by Gasteiger charge is 2.20. The van der Waals surface area contributed by atoms with Crippen molar-refractivity contribution in [2.75, 3.05) is 6.54 Å². The summed E-state index contributed by atoms with van der Waals surface area (Å²) in [4.78, 5) is 15.8. The van der Waals surface area contributed by atoms with Crippen LogP contribution in [0.3, 0.4) is 0 Å². The molecule has 1 fully saturated rings. The van der Waals surface area contributed by atoms with Crippen molar-refractivity contribution in [1.29, 1.82) is 0 Å². The second kappa shape index (κ2) is 5.72. The fourth-order valence-electron chi connectivity index (χ4n) is 3.15. The molecule has 4 rings (SSSR count). The maximum absolute atomic E-state index is 14.6. The predicted octanol–water partition coefficient (Wildman–Crippen LogP) is 3.16. The first-order valence-electron chi connectivity index (χ1n) is 7.86. The van der Waals surface area contributed by atoms with E-state index >= 15 is 0 Å². The molecule has 0 spiro atoms. The van der Waals surface area contributed by atoms with Gasteiger partial charge in [-0.25, -0.2) is 9.37 Å². The number of nitrogens with one attached hydrogen (secondary N) is 1. The maximum Gasteiger partial charge on any atom is 0.252 e. The normalized spacial score (nSPS) is 17.5. The Morgan fingerprint density at radius 3 is 2.92 bits per heavy atom. The number of halogens is 1. The van der Waals surface area contributed by atoms with Crippen LogP contribution in [0.15, 0.2) is 40.8 Å². The average molecular weight is 325 g/mol. The quantitative estimate of drug-likeness (QED) is 0.775. The number of primary amides is 1. The van der Waals surface area contributed by atoms with Gasteiger partial charge in [0.2, 0.25) is 5.89 Å². The zero-order valence-electron chi connectivity index (χ0n) is 12.9. The summed E-state index contributed by atoms with van der Waals surface area (Å²) in [6.45, 7) is 0.953. The molecule has 2 aromatic carbocycles. The fraction of sp³-hybridized carbons (Fsp3) is 0.222. The van der Waals surface area contributed by atoms with Crippen molar-refractivity contribution in [3.05, 3.63) is 53.3 Å². The lowest BCUT2D eigenvalue weighted by Crippen LogP contribution is -2.12. The Balaban J connectivity index is 1.77. The summed E-state index contributed by atoms with van der Waals surface area (Å²) in [7, 11) is 0. The van der Waals surface area contributed by atoms with Crippen LogP contribution >= 0.6 is 0 Å². The summed E-state index contributed by atoms with van der Waals surface area (Å²) in [6.07, 6.45) is 2.10. The van der Waals surface area contributed by atoms with E-state index in [1.54, 1.807) is 24.3 Å². The van der Waals surface area contributed by atoms with E-state index in [1.165, 1.54) is 6.07 Å². The van der Waals surface area contributed by atoms with Gasteiger partial charge in [0.1, 0.15) is 11.3 Å². The van der Waals surface area contributed by atoms with Crippen molar-refractivity contribution in [2.24, 2.45) is 5.73 Å². The third-order valence-corrected chi connectivity index (χ3v) is 4.37. The Labute approximate surface area is 137 Å². The fourth-order valence-corrected chi connectivity index (χ4v) is 3.15. The number of oxazole rings is 1. The standard InChI is InChI=1S/C18H16FN3O2/c19-13-9-10(14-5-2-8-21-14)6-7-11(13)18-22-15-4-1-3-12(17(20)23)16(15)24-18/h1,3-4,6-7,9,14,21H,2,5,8H2,(H2,20,23). The van der Waals surface area contributed by atoms with E-state index < -0.39 is 11.7 Å². The van der Waals surface area contributed by atoms with Gasteiger partial charge in [-0.2, -0.15) is 0 Å². The first kappa shape index (κ1) is 14.8. The van der Waals surface area contributed by atoms with Gasteiger partial charge in [0.05, 0.1) is 11.1 Å². The number of para-hydroxylation sites is 1. The van der Waals surface area contributed by atoms with Gasteiger partial charge in [-0.3, -0.25) is 4.79 Å². The highest BCUT2D eigenvalue weighted by Crippen LogP contribution is 2.31. The third-order valence-electron chi connectivity index (χ3n) is 4.37. The van der Waals surface area contributed by atoms with Gasteiger partial charge >= 0.3 is 0 Å². The molecular formula is C18H16FN3O2. The first-order chi connectivity index (χ1) is 11.6. The molecule has 6 heteroatoms. The molecule has 1 unspecified atom stereocenters. The summed E-state index contributed by atoms with van der Waals surface area (Å²) in [5.41, 5.74) is 7.51.